The molecule has 0 aliphatic rings. The van der Waals surface area contributed by atoms with Crippen LogP contribution in [0.2, 0.25) is 0 Å². The summed E-state index contributed by atoms with van der Waals surface area (Å²) in [5.74, 6) is -0.327. The van der Waals surface area contributed by atoms with Gasteiger partial charge in [0.25, 0.3) is 0 Å². The van der Waals surface area contributed by atoms with Crippen molar-refractivity contribution in [1.82, 2.24) is 0 Å². The number of nitriles is 1. The second-order valence-corrected chi connectivity index (χ2v) is 5.84. The Labute approximate surface area is 110 Å². The van der Waals surface area contributed by atoms with Crippen molar-refractivity contribution in [3.05, 3.63) is 29.6 Å². The second-order valence-electron chi connectivity index (χ2n) is 3.62. The summed E-state index contributed by atoms with van der Waals surface area (Å²) in [5, 5.41) is 8.63. The molecular weight excluding hydrogens is 279 g/mol. The van der Waals surface area contributed by atoms with Crippen LogP contribution >= 0.6 is 11.6 Å². The molecule has 18 heavy (non-hydrogen) atoms. The number of rotatable bonds is 6. The van der Waals surface area contributed by atoms with E-state index in [1.165, 1.54) is 6.07 Å². The number of unbranched alkanes of at least 4 members (excludes halogenated alkanes) is 1. The molecule has 0 aromatic heterocycles. The zero-order valence-corrected chi connectivity index (χ0v) is 11.1. The van der Waals surface area contributed by atoms with Crippen LogP contribution in [0.4, 0.5) is 10.1 Å². The van der Waals surface area contributed by atoms with Gasteiger partial charge in [-0.05, 0) is 31.0 Å². The molecule has 0 atom stereocenters. The Kier molecular flexibility index (Phi) is 5.38. The third kappa shape index (κ3) is 4.51. The smallest absolute Gasteiger partial charge is 0.232 e. The van der Waals surface area contributed by atoms with Gasteiger partial charge in [0.15, 0.2) is 0 Å². The molecule has 98 valence electrons. The third-order valence-corrected chi connectivity index (χ3v) is 3.80. The van der Waals surface area contributed by atoms with E-state index in [0.29, 0.717) is 18.7 Å². The molecule has 1 aromatic rings. The van der Waals surface area contributed by atoms with Crippen molar-refractivity contribution in [2.45, 2.75) is 12.8 Å². The van der Waals surface area contributed by atoms with Gasteiger partial charge in [0.05, 0.1) is 11.3 Å². The predicted octanol–water partition coefficient (Wildman–Crippen LogP) is 2.46. The number of nitrogens with one attached hydrogen (secondary N) is 1. The fraction of sp³-hybridized carbons (Fsp3) is 0.364. The lowest BCUT2D eigenvalue weighted by atomic mass is 10.2. The summed E-state index contributed by atoms with van der Waals surface area (Å²) >= 11 is 5.45. The number of alkyl halides is 1. The zero-order chi connectivity index (χ0) is 13.6. The Hall–Kier alpha value is -1.32. The standard InChI is InChI=1S/C11H12ClFN2O2S/c12-5-1-2-6-18(16,17)15-10-3-4-11(13)9(7-10)8-14/h3-4,7,15H,1-2,5-6H2. The summed E-state index contributed by atoms with van der Waals surface area (Å²) in [4.78, 5) is 0. The van der Waals surface area contributed by atoms with Crippen LogP contribution < -0.4 is 4.72 Å². The van der Waals surface area contributed by atoms with Crippen LogP contribution in [0.1, 0.15) is 18.4 Å². The van der Waals surface area contributed by atoms with Gasteiger partial charge < -0.3 is 0 Å². The molecule has 0 fully saturated rings. The van der Waals surface area contributed by atoms with Gasteiger partial charge in [0, 0.05) is 11.6 Å². The van der Waals surface area contributed by atoms with Crippen molar-refractivity contribution in [2.75, 3.05) is 16.4 Å². The first-order valence-electron chi connectivity index (χ1n) is 5.24. The van der Waals surface area contributed by atoms with Crippen molar-refractivity contribution in [3.8, 4) is 6.07 Å². The fourth-order valence-electron chi connectivity index (χ4n) is 1.29. The quantitative estimate of drug-likeness (QED) is 0.646. The lowest BCUT2D eigenvalue weighted by Crippen LogP contribution is -2.16. The molecule has 4 nitrogen and oxygen atoms in total. The van der Waals surface area contributed by atoms with Gasteiger partial charge in [-0.25, -0.2) is 12.8 Å². The fourth-order valence-corrected chi connectivity index (χ4v) is 2.65. The SMILES string of the molecule is N#Cc1cc(NS(=O)(=O)CCCCCl)ccc1F. The van der Waals surface area contributed by atoms with E-state index >= 15 is 0 Å². The van der Waals surface area contributed by atoms with Crippen molar-refractivity contribution < 1.29 is 12.8 Å². The number of hydrogen-bond donors (Lipinski definition) is 1. The summed E-state index contributed by atoms with van der Waals surface area (Å²) in [5.41, 5.74) is -0.0187. The molecular formula is C11H12ClFN2O2S. The Morgan fingerprint density at radius 3 is 2.72 bits per heavy atom. The van der Waals surface area contributed by atoms with E-state index in [4.69, 9.17) is 16.9 Å². The summed E-state index contributed by atoms with van der Waals surface area (Å²) < 4.78 is 38.6. The van der Waals surface area contributed by atoms with Gasteiger partial charge in [0.2, 0.25) is 10.0 Å². The normalized spacial score (nSPS) is 10.9. The highest BCUT2D eigenvalue weighted by atomic mass is 35.5. The van der Waals surface area contributed by atoms with E-state index in [1.54, 1.807) is 6.07 Å². The second kappa shape index (κ2) is 6.57. The van der Waals surface area contributed by atoms with Crippen LogP contribution in [0.3, 0.4) is 0 Å². The molecule has 1 N–H and O–H groups in total. The maximum absolute atomic E-state index is 13.0. The highest BCUT2D eigenvalue weighted by Crippen LogP contribution is 2.15. The van der Waals surface area contributed by atoms with Crippen LogP contribution in [0.25, 0.3) is 0 Å². The van der Waals surface area contributed by atoms with Crippen LogP contribution in [0.15, 0.2) is 18.2 Å². The van der Waals surface area contributed by atoms with Gasteiger partial charge in [-0.1, -0.05) is 0 Å². The van der Waals surface area contributed by atoms with Gasteiger partial charge in [-0.3, -0.25) is 4.72 Å². The number of hydrogen-bond acceptors (Lipinski definition) is 3. The molecule has 0 unspecified atom stereocenters. The largest absolute Gasteiger partial charge is 0.284 e. The molecule has 0 spiro atoms. The third-order valence-electron chi connectivity index (χ3n) is 2.16. The summed E-state index contributed by atoms with van der Waals surface area (Å²) in [6.45, 7) is 0. The van der Waals surface area contributed by atoms with Gasteiger partial charge in [0.1, 0.15) is 11.9 Å². The molecule has 0 heterocycles. The monoisotopic (exact) mass is 290 g/mol. The first kappa shape index (κ1) is 14.7. The molecule has 0 aliphatic heterocycles. The number of sulfonamides is 1. The number of benzene rings is 1. The number of halogens is 2. The zero-order valence-electron chi connectivity index (χ0n) is 9.49. The average Bonchev–Trinajstić information content (AvgIpc) is 2.31. The average molecular weight is 291 g/mol. The summed E-state index contributed by atoms with van der Waals surface area (Å²) in [6, 6.07) is 5.13. The maximum Gasteiger partial charge on any atom is 0.232 e. The molecule has 0 radical (unpaired) electrons. The minimum absolute atomic E-state index is 0.0566. The summed E-state index contributed by atoms with van der Waals surface area (Å²) in [6.07, 6.45) is 1.06. The minimum Gasteiger partial charge on any atom is -0.284 e. The molecule has 0 bridgehead atoms. The Bertz CT molecular complexity index is 555. The van der Waals surface area contributed by atoms with E-state index in [-0.39, 0.29) is 17.0 Å². The lowest BCUT2D eigenvalue weighted by molar-refractivity contribution is 0.597. The Morgan fingerprint density at radius 2 is 2.11 bits per heavy atom. The molecule has 0 saturated carbocycles. The Morgan fingerprint density at radius 1 is 1.39 bits per heavy atom. The van der Waals surface area contributed by atoms with E-state index in [1.807, 2.05) is 0 Å². The van der Waals surface area contributed by atoms with Crippen LogP contribution in [0, 0.1) is 17.1 Å². The molecule has 0 aliphatic carbocycles. The van der Waals surface area contributed by atoms with Crippen molar-refractivity contribution in [3.63, 3.8) is 0 Å². The first-order valence-corrected chi connectivity index (χ1v) is 7.43. The van der Waals surface area contributed by atoms with Crippen LogP contribution in [0.5, 0.6) is 0 Å². The summed E-state index contributed by atoms with van der Waals surface area (Å²) in [7, 11) is -3.49. The highest BCUT2D eigenvalue weighted by molar-refractivity contribution is 7.92. The van der Waals surface area contributed by atoms with Crippen LogP contribution in [-0.2, 0) is 10.0 Å². The van der Waals surface area contributed by atoms with Crippen molar-refractivity contribution in [2.24, 2.45) is 0 Å². The lowest BCUT2D eigenvalue weighted by Gasteiger charge is -2.07. The number of anilines is 1. The molecule has 0 saturated heterocycles. The Balaban J connectivity index is 2.76. The van der Waals surface area contributed by atoms with Gasteiger partial charge in [-0.15, -0.1) is 11.6 Å². The van der Waals surface area contributed by atoms with Crippen molar-refractivity contribution >= 4 is 27.3 Å². The van der Waals surface area contributed by atoms with Crippen molar-refractivity contribution in [1.29, 1.82) is 5.26 Å². The van der Waals surface area contributed by atoms with E-state index in [0.717, 1.165) is 12.1 Å². The maximum atomic E-state index is 13.0. The molecule has 0 amide bonds. The number of nitrogens with zero attached hydrogens (tertiary/aromatic N) is 1. The predicted molar refractivity (Wildman–Crippen MR) is 68.5 cm³/mol. The van der Waals surface area contributed by atoms with E-state index in [2.05, 4.69) is 4.72 Å². The van der Waals surface area contributed by atoms with E-state index in [9.17, 15) is 12.8 Å². The van der Waals surface area contributed by atoms with E-state index < -0.39 is 15.8 Å². The van der Waals surface area contributed by atoms with Crippen LogP contribution in [-0.4, -0.2) is 20.1 Å². The molecule has 1 aromatic carbocycles. The topological polar surface area (TPSA) is 70.0 Å². The minimum atomic E-state index is -3.49. The first-order chi connectivity index (χ1) is 8.48. The van der Waals surface area contributed by atoms with Gasteiger partial charge in [-0.2, -0.15) is 5.26 Å². The molecule has 1 rings (SSSR count). The van der Waals surface area contributed by atoms with Gasteiger partial charge >= 0.3 is 0 Å². The molecule has 7 heteroatoms. The highest BCUT2D eigenvalue weighted by Gasteiger charge is 2.11.